The molecule has 1 heterocycles. The van der Waals surface area contributed by atoms with Crippen LogP contribution in [0.4, 0.5) is 0 Å². The molecular weight excluding hydrogens is 346 g/mol. The SMILES string of the molecule is CCc1noc(CCCC(=O)NC(C)c2ccc(OC(C)C)c(OC)c2)n1. The molecule has 1 unspecified atom stereocenters. The first-order valence-electron chi connectivity index (χ1n) is 9.38. The van der Waals surface area contributed by atoms with E-state index in [1.807, 2.05) is 45.9 Å². The van der Waals surface area contributed by atoms with Crippen molar-refractivity contribution < 1.29 is 18.8 Å². The Morgan fingerprint density at radius 2 is 2.04 bits per heavy atom. The molecule has 0 fully saturated rings. The Balaban J connectivity index is 1.86. The van der Waals surface area contributed by atoms with E-state index in [2.05, 4.69) is 15.5 Å². The molecule has 0 radical (unpaired) electrons. The molecule has 0 spiro atoms. The fourth-order valence-electron chi connectivity index (χ4n) is 2.64. The Kier molecular flexibility index (Phi) is 7.64. The van der Waals surface area contributed by atoms with Gasteiger partial charge in [-0.2, -0.15) is 4.98 Å². The van der Waals surface area contributed by atoms with Gasteiger partial charge in [-0.15, -0.1) is 0 Å². The predicted octanol–water partition coefficient (Wildman–Crippen LogP) is 3.63. The topological polar surface area (TPSA) is 86.5 Å². The zero-order valence-electron chi connectivity index (χ0n) is 16.7. The molecule has 0 saturated carbocycles. The smallest absolute Gasteiger partial charge is 0.226 e. The highest BCUT2D eigenvalue weighted by Gasteiger charge is 2.14. The molecule has 1 aromatic carbocycles. The number of carbonyl (C=O) groups is 1. The predicted molar refractivity (Wildman–Crippen MR) is 102 cm³/mol. The molecule has 27 heavy (non-hydrogen) atoms. The number of amides is 1. The summed E-state index contributed by atoms with van der Waals surface area (Å²) in [6.07, 6.45) is 2.47. The average Bonchev–Trinajstić information content (AvgIpc) is 3.09. The van der Waals surface area contributed by atoms with Gasteiger partial charge in [-0.1, -0.05) is 18.1 Å². The first kappa shape index (κ1) is 20.7. The minimum Gasteiger partial charge on any atom is -0.493 e. The molecule has 0 aliphatic rings. The number of nitrogens with one attached hydrogen (secondary N) is 1. The van der Waals surface area contributed by atoms with Gasteiger partial charge >= 0.3 is 0 Å². The number of hydrogen-bond acceptors (Lipinski definition) is 6. The van der Waals surface area contributed by atoms with Gasteiger partial charge in [0.2, 0.25) is 11.8 Å². The summed E-state index contributed by atoms with van der Waals surface area (Å²) in [7, 11) is 1.61. The minimum absolute atomic E-state index is 0.0146. The van der Waals surface area contributed by atoms with E-state index in [1.54, 1.807) is 7.11 Å². The molecule has 1 aromatic heterocycles. The van der Waals surface area contributed by atoms with Gasteiger partial charge in [-0.25, -0.2) is 0 Å². The van der Waals surface area contributed by atoms with E-state index < -0.39 is 0 Å². The van der Waals surface area contributed by atoms with Crippen LogP contribution in [0.25, 0.3) is 0 Å². The molecule has 1 amide bonds. The first-order chi connectivity index (χ1) is 12.9. The van der Waals surface area contributed by atoms with Crippen LogP contribution in [0.15, 0.2) is 22.7 Å². The summed E-state index contributed by atoms with van der Waals surface area (Å²) in [5.74, 6) is 2.62. The molecule has 1 atom stereocenters. The Morgan fingerprint density at radius 1 is 1.26 bits per heavy atom. The van der Waals surface area contributed by atoms with E-state index in [9.17, 15) is 4.79 Å². The molecule has 0 aliphatic heterocycles. The lowest BCUT2D eigenvalue weighted by Gasteiger charge is -2.18. The second kappa shape index (κ2) is 9.94. The number of aromatic nitrogens is 2. The number of ether oxygens (including phenoxy) is 2. The van der Waals surface area contributed by atoms with Crippen LogP contribution in [0.3, 0.4) is 0 Å². The van der Waals surface area contributed by atoms with Crippen molar-refractivity contribution in [1.29, 1.82) is 0 Å². The monoisotopic (exact) mass is 375 g/mol. The quantitative estimate of drug-likeness (QED) is 0.682. The summed E-state index contributed by atoms with van der Waals surface area (Å²) in [5.41, 5.74) is 0.959. The van der Waals surface area contributed by atoms with E-state index in [0.29, 0.717) is 42.5 Å². The van der Waals surface area contributed by atoms with Crippen LogP contribution < -0.4 is 14.8 Å². The van der Waals surface area contributed by atoms with Gasteiger partial charge in [0.1, 0.15) is 0 Å². The zero-order valence-corrected chi connectivity index (χ0v) is 16.7. The van der Waals surface area contributed by atoms with Gasteiger partial charge < -0.3 is 19.3 Å². The summed E-state index contributed by atoms with van der Waals surface area (Å²) in [6, 6.07) is 5.58. The zero-order chi connectivity index (χ0) is 19.8. The maximum Gasteiger partial charge on any atom is 0.226 e. The number of benzene rings is 1. The molecule has 0 bridgehead atoms. The van der Waals surface area contributed by atoms with Crippen molar-refractivity contribution in [3.05, 3.63) is 35.5 Å². The highest BCUT2D eigenvalue weighted by atomic mass is 16.5. The molecular formula is C20H29N3O4. The van der Waals surface area contributed by atoms with E-state index in [4.69, 9.17) is 14.0 Å². The lowest BCUT2D eigenvalue weighted by Crippen LogP contribution is -2.26. The van der Waals surface area contributed by atoms with Crippen LogP contribution >= 0.6 is 0 Å². The molecule has 148 valence electrons. The second-order valence-corrected chi connectivity index (χ2v) is 6.68. The van der Waals surface area contributed by atoms with Crippen LogP contribution in [0.1, 0.15) is 63.9 Å². The van der Waals surface area contributed by atoms with E-state index in [0.717, 1.165) is 12.0 Å². The van der Waals surface area contributed by atoms with Gasteiger partial charge in [0.05, 0.1) is 19.3 Å². The Bertz CT molecular complexity index is 743. The number of aryl methyl sites for hydroxylation is 2. The van der Waals surface area contributed by atoms with E-state index in [-0.39, 0.29) is 18.1 Å². The summed E-state index contributed by atoms with van der Waals surface area (Å²) in [5, 5.41) is 6.86. The third-order valence-electron chi connectivity index (χ3n) is 4.05. The number of nitrogens with zero attached hydrogens (tertiary/aromatic N) is 2. The van der Waals surface area contributed by atoms with Crippen molar-refractivity contribution >= 4 is 5.91 Å². The fraction of sp³-hybridized carbons (Fsp3) is 0.550. The van der Waals surface area contributed by atoms with Gasteiger partial charge in [-0.05, 0) is 44.9 Å². The number of rotatable bonds is 10. The average molecular weight is 375 g/mol. The molecule has 2 aromatic rings. The molecule has 2 rings (SSSR count). The second-order valence-electron chi connectivity index (χ2n) is 6.68. The normalized spacial score (nSPS) is 12.1. The van der Waals surface area contributed by atoms with Gasteiger partial charge in [0.15, 0.2) is 17.3 Å². The standard InChI is InChI=1S/C20H29N3O4/c1-6-18-22-20(27-23-18)9-7-8-19(24)21-14(4)15-10-11-16(26-13(2)3)17(12-15)25-5/h10-14H,6-9H2,1-5H3,(H,21,24). The summed E-state index contributed by atoms with van der Waals surface area (Å²) < 4.78 is 16.3. The molecule has 0 aliphatic carbocycles. The van der Waals surface area contributed by atoms with Crippen LogP contribution in [0.2, 0.25) is 0 Å². The Hall–Kier alpha value is -2.57. The largest absolute Gasteiger partial charge is 0.493 e. The third-order valence-corrected chi connectivity index (χ3v) is 4.05. The highest BCUT2D eigenvalue weighted by Crippen LogP contribution is 2.31. The number of methoxy groups -OCH3 is 1. The molecule has 1 N–H and O–H groups in total. The van der Waals surface area contributed by atoms with E-state index in [1.165, 1.54) is 0 Å². The Morgan fingerprint density at radius 3 is 2.67 bits per heavy atom. The summed E-state index contributed by atoms with van der Waals surface area (Å²) in [4.78, 5) is 16.5. The minimum atomic E-state index is -0.130. The lowest BCUT2D eigenvalue weighted by molar-refractivity contribution is -0.121. The van der Waals surface area contributed by atoms with Crippen LogP contribution in [0.5, 0.6) is 11.5 Å². The van der Waals surface area contributed by atoms with Crippen LogP contribution in [-0.4, -0.2) is 29.3 Å². The van der Waals surface area contributed by atoms with Crippen LogP contribution in [-0.2, 0) is 17.6 Å². The van der Waals surface area contributed by atoms with Crippen molar-refractivity contribution in [3.63, 3.8) is 0 Å². The van der Waals surface area contributed by atoms with Crippen LogP contribution in [0, 0.1) is 0 Å². The fourth-order valence-corrected chi connectivity index (χ4v) is 2.64. The molecule has 0 saturated heterocycles. The van der Waals surface area contributed by atoms with Gasteiger partial charge in [0.25, 0.3) is 0 Å². The molecule has 7 nitrogen and oxygen atoms in total. The maximum atomic E-state index is 12.2. The summed E-state index contributed by atoms with van der Waals surface area (Å²) in [6.45, 7) is 7.85. The summed E-state index contributed by atoms with van der Waals surface area (Å²) >= 11 is 0. The number of carbonyl (C=O) groups excluding carboxylic acids is 1. The van der Waals surface area contributed by atoms with Crippen molar-refractivity contribution in [1.82, 2.24) is 15.5 Å². The third kappa shape index (κ3) is 6.27. The Labute approximate surface area is 160 Å². The van der Waals surface area contributed by atoms with Crippen molar-refractivity contribution in [3.8, 4) is 11.5 Å². The highest BCUT2D eigenvalue weighted by molar-refractivity contribution is 5.76. The molecule has 7 heteroatoms. The maximum absolute atomic E-state index is 12.2. The van der Waals surface area contributed by atoms with Crippen molar-refractivity contribution in [2.24, 2.45) is 0 Å². The first-order valence-corrected chi connectivity index (χ1v) is 9.38. The van der Waals surface area contributed by atoms with Gasteiger partial charge in [0, 0.05) is 19.3 Å². The van der Waals surface area contributed by atoms with Crippen molar-refractivity contribution in [2.45, 2.75) is 65.5 Å². The van der Waals surface area contributed by atoms with Gasteiger partial charge in [-0.3, -0.25) is 4.79 Å². The van der Waals surface area contributed by atoms with E-state index >= 15 is 0 Å². The lowest BCUT2D eigenvalue weighted by atomic mass is 10.1. The number of hydrogen-bond donors (Lipinski definition) is 1. The van der Waals surface area contributed by atoms with Crippen molar-refractivity contribution in [2.75, 3.05) is 7.11 Å².